The Kier molecular flexibility index (Phi) is 5.52. The number of methoxy groups -OCH3 is 1. The van der Waals surface area contributed by atoms with E-state index in [0.29, 0.717) is 16.3 Å². The summed E-state index contributed by atoms with van der Waals surface area (Å²) in [5.74, 6) is -1.11. The fourth-order valence-electron chi connectivity index (χ4n) is 1.99. The van der Waals surface area contributed by atoms with Crippen molar-refractivity contribution in [3.8, 4) is 0 Å². The van der Waals surface area contributed by atoms with Crippen LogP contribution in [0, 0.1) is 0 Å². The zero-order valence-corrected chi connectivity index (χ0v) is 15.0. The summed E-state index contributed by atoms with van der Waals surface area (Å²) in [4.78, 5) is 24.3. The topological polar surface area (TPSA) is 111 Å². The summed E-state index contributed by atoms with van der Waals surface area (Å²) in [5, 5.41) is 10.6. The Hall–Kier alpha value is -2.46. The van der Waals surface area contributed by atoms with Crippen molar-refractivity contribution >= 4 is 51.2 Å². The van der Waals surface area contributed by atoms with Crippen molar-refractivity contribution in [2.45, 2.75) is 13.3 Å². The first-order chi connectivity index (χ1) is 11.3. The molecule has 0 aliphatic heterocycles. The molecule has 0 aliphatic carbocycles. The molecule has 128 valence electrons. The van der Waals surface area contributed by atoms with Gasteiger partial charge in [-0.1, -0.05) is 6.92 Å². The number of aryl methyl sites for hydroxylation is 2. The van der Waals surface area contributed by atoms with Crippen LogP contribution in [0.1, 0.15) is 32.6 Å². The number of nitrogens with two attached hydrogens (primary N) is 1. The SMILES string of the molecule is CCc1cc(C(=O)OC)c(NC(=S)Nc2cn(C)nc2C(N)=O)s1. The first kappa shape index (κ1) is 17.9. The fraction of sp³-hybridized carbons (Fsp3) is 0.286. The second-order valence-corrected chi connectivity index (χ2v) is 6.35. The van der Waals surface area contributed by atoms with Crippen LogP contribution in [-0.4, -0.2) is 33.9 Å². The third kappa shape index (κ3) is 3.89. The molecule has 2 rings (SSSR count). The second kappa shape index (κ2) is 7.41. The maximum atomic E-state index is 11.9. The zero-order chi connectivity index (χ0) is 17.9. The molecule has 0 fully saturated rings. The van der Waals surface area contributed by atoms with Crippen LogP contribution in [-0.2, 0) is 18.2 Å². The Labute approximate surface area is 148 Å². The van der Waals surface area contributed by atoms with E-state index in [2.05, 4.69) is 15.7 Å². The molecule has 24 heavy (non-hydrogen) atoms. The molecule has 1 amide bonds. The van der Waals surface area contributed by atoms with Crippen LogP contribution < -0.4 is 16.4 Å². The van der Waals surface area contributed by atoms with E-state index < -0.39 is 11.9 Å². The highest BCUT2D eigenvalue weighted by molar-refractivity contribution is 7.80. The number of nitrogens with zero attached hydrogens (tertiary/aromatic N) is 2. The molecule has 10 heteroatoms. The third-order valence-corrected chi connectivity index (χ3v) is 4.47. The number of thiocarbonyl (C=S) groups is 1. The zero-order valence-electron chi connectivity index (χ0n) is 13.4. The van der Waals surface area contributed by atoms with Crippen molar-refractivity contribution in [1.82, 2.24) is 9.78 Å². The second-order valence-electron chi connectivity index (χ2n) is 4.81. The molecule has 2 aromatic heterocycles. The number of nitrogens with one attached hydrogen (secondary N) is 2. The number of carbonyl (C=O) groups is 2. The molecule has 0 atom stereocenters. The van der Waals surface area contributed by atoms with E-state index in [9.17, 15) is 9.59 Å². The average Bonchev–Trinajstić information content (AvgIpc) is 3.09. The van der Waals surface area contributed by atoms with Crippen LogP contribution in [0.25, 0.3) is 0 Å². The van der Waals surface area contributed by atoms with Gasteiger partial charge in [-0.05, 0) is 24.7 Å². The predicted octanol–water partition coefficient (Wildman–Crippen LogP) is 1.74. The molecule has 4 N–H and O–H groups in total. The van der Waals surface area contributed by atoms with Gasteiger partial charge in [0, 0.05) is 18.1 Å². The van der Waals surface area contributed by atoms with Crippen LogP contribution in [0.15, 0.2) is 12.3 Å². The lowest BCUT2D eigenvalue weighted by atomic mass is 10.2. The van der Waals surface area contributed by atoms with E-state index in [4.69, 9.17) is 22.7 Å². The quantitative estimate of drug-likeness (QED) is 0.545. The van der Waals surface area contributed by atoms with Crippen molar-refractivity contribution in [3.05, 3.63) is 28.4 Å². The summed E-state index contributed by atoms with van der Waals surface area (Å²) >= 11 is 6.65. The molecule has 0 aliphatic rings. The highest BCUT2D eigenvalue weighted by atomic mass is 32.1. The number of primary amides is 1. The lowest BCUT2D eigenvalue weighted by Crippen LogP contribution is -2.22. The molecular weight excluding hydrogens is 350 g/mol. The van der Waals surface area contributed by atoms with Crippen LogP contribution >= 0.6 is 23.6 Å². The summed E-state index contributed by atoms with van der Waals surface area (Å²) in [6.45, 7) is 1.99. The van der Waals surface area contributed by atoms with Crippen molar-refractivity contribution in [3.63, 3.8) is 0 Å². The molecule has 0 aromatic carbocycles. The van der Waals surface area contributed by atoms with Crippen molar-refractivity contribution < 1.29 is 14.3 Å². The number of thiophene rings is 1. The lowest BCUT2D eigenvalue weighted by Gasteiger charge is -2.09. The van der Waals surface area contributed by atoms with Gasteiger partial charge in [0.15, 0.2) is 10.8 Å². The smallest absolute Gasteiger partial charge is 0.340 e. The van der Waals surface area contributed by atoms with Gasteiger partial charge < -0.3 is 21.1 Å². The summed E-state index contributed by atoms with van der Waals surface area (Å²) in [7, 11) is 2.98. The Morgan fingerprint density at radius 2 is 2.17 bits per heavy atom. The predicted molar refractivity (Wildman–Crippen MR) is 96.6 cm³/mol. The van der Waals surface area contributed by atoms with Gasteiger partial charge in [0.05, 0.1) is 18.4 Å². The van der Waals surface area contributed by atoms with Gasteiger partial charge in [-0.2, -0.15) is 5.10 Å². The molecule has 2 aromatic rings. The first-order valence-electron chi connectivity index (χ1n) is 6.98. The van der Waals surface area contributed by atoms with Crippen LogP contribution in [0.2, 0.25) is 0 Å². The standard InChI is InChI=1S/C14H17N5O3S2/c1-4-7-5-8(13(21)22-3)12(24-7)17-14(23)16-9-6-19(2)18-10(9)11(15)20/h5-6H,4H2,1-3H3,(H2,15,20)(H2,16,17,23). The van der Waals surface area contributed by atoms with E-state index in [1.807, 2.05) is 6.92 Å². The summed E-state index contributed by atoms with van der Waals surface area (Å²) < 4.78 is 6.23. The minimum absolute atomic E-state index is 0.0790. The molecule has 0 unspecified atom stereocenters. The van der Waals surface area contributed by atoms with Crippen LogP contribution in [0.3, 0.4) is 0 Å². The van der Waals surface area contributed by atoms with E-state index >= 15 is 0 Å². The highest BCUT2D eigenvalue weighted by Gasteiger charge is 2.18. The number of ether oxygens (including phenoxy) is 1. The molecule has 0 spiro atoms. The first-order valence-corrected chi connectivity index (χ1v) is 8.20. The van der Waals surface area contributed by atoms with Gasteiger partial charge in [0.25, 0.3) is 5.91 Å². The van der Waals surface area contributed by atoms with Crippen LogP contribution in [0.5, 0.6) is 0 Å². The molecule has 0 saturated heterocycles. The lowest BCUT2D eigenvalue weighted by molar-refractivity contribution is 0.0602. The van der Waals surface area contributed by atoms with Crippen molar-refractivity contribution in [2.24, 2.45) is 12.8 Å². The van der Waals surface area contributed by atoms with Gasteiger partial charge in [-0.25, -0.2) is 4.79 Å². The molecule has 2 heterocycles. The van der Waals surface area contributed by atoms with Crippen LogP contribution in [0.4, 0.5) is 10.7 Å². The Bertz CT molecular complexity index is 796. The minimum atomic E-state index is -0.666. The minimum Gasteiger partial charge on any atom is -0.465 e. The van der Waals surface area contributed by atoms with Gasteiger partial charge in [0.2, 0.25) is 0 Å². The van der Waals surface area contributed by atoms with E-state index in [0.717, 1.165) is 11.3 Å². The maximum absolute atomic E-state index is 11.9. The molecule has 0 saturated carbocycles. The Balaban J connectivity index is 2.20. The number of anilines is 2. The number of hydrogen-bond acceptors (Lipinski definition) is 6. The number of rotatable bonds is 5. The van der Waals surface area contributed by atoms with E-state index in [1.54, 1.807) is 19.3 Å². The Morgan fingerprint density at radius 1 is 1.46 bits per heavy atom. The Morgan fingerprint density at radius 3 is 2.75 bits per heavy atom. The normalized spacial score (nSPS) is 10.3. The number of carbonyl (C=O) groups excluding carboxylic acids is 2. The van der Waals surface area contributed by atoms with Gasteiger partial charge in [-0.3, -0.25) is 9.48 Å². The highest BCUT2D eigenvalue weighted by Crippen LogP contribution is 2.29. The maximum Gasteiger partial charge on any atom is 0.340 e. The summed E-state index contributed by atoms with van der Waals surface area (Å²) in [5.41, 5.74) is 6.15. The number of hydrogen-bond donors (Lipinski definition) is 3. The summed E-state index contributed by atoms with van der Waals surface area (Å²) in [6, 6.07) is 1.76. The number of esters is 1. The van der Waals surface area contributed by atoms with Gasteiger partial charge in [-0.15, -0.1) is 11.3 Å². The van der Waals surface area contributed by atoms with E-state index in [-0.39, 0.29) is 10.8 Å². The summed E-state index contributed by atoms with van der Waals surface area (Å²) in [6.07, 6.45) is 2.37. The largest absolute Gasteiger partial charge is 0.465 e. The van der Waals surface area contributed by atoms with Gasteiger partial charge >= 0.3 is 5.97 Å². The monoisotopic (exact) mass is 367 g/mol. The molecular formula is C14H17N5O3S2. The number of aromatic nitrogens is 2. The van der Waals surface area contributed by atoms with Gasteiger partial charge in [0.1, 0.15) is 5.00 Å². The van der Waals surface area contributed by atoms with E-state index in [1.165, 1.54) is 23.1 Å². The molecule has 8 nitrogen and oxygen atoms in total. The fourth-order valence-corrected chi connectivity index (χ4v) is 3.25. The molecule has 0 radical (unpaired) electrons. The molecule has 0 bridgehead atoms. The third-order valence-electron chi connectivity index (χ3n) is 3.07. The average molecular weight is 367 g/mol. The van der Waals surface area contributed by atoms with Crippen molar-refractivity contribution in [1.29, 1.82) is 0 Å². The number of amides is 1. The van der Waals surface area contributed by atoms with Crippen molar-refractivity contribution in [2.75, 3.05) is 17.7 Å².